The van der Waals surface area contributed by atoms with Crippen LogP contribution in [-0.4, -0.2) is 51.0 Å². The summed E-state index contributed by atoms with van der Waals surface area (Å²) in [5, 5.41) is 12.2. The van der Waals surface area contributed by atoms with Crippen LogP contribution in [0.25, 0.3) is 0 Å². The summed E-state index contributed by atoms with van der Waals surface area (Å²) in [4.78, 5) is 33.6. The molecule has 1 aliphatic carbocycles. The maximum absolute atomic E-state index is 12.4. The van der Waals surface area contributed by atoms with Gasteiger partial charge in [-0.3, -0.25) is 4.79 Å². The zero-order valence-electron chi connectivity index (χ0n) is 13.8. The van der Waals surface area contributed by atoms with E-state index < -0.39 is 12.1 Å². The fraction of sp³-hybridized carbons (Fsp3) is 0.412. The summed E-state index contributed by atoms with van der Waals surface area (Å²) in [6, 6.07) is -0.453. The van der Waals surface area contributed by atoms with E-state index in [1.165, 1.54) is 4.90 Å². The molecule has 0 fully saturated rings. The van der Waals surface area contributed by atoms with Crippen molar-refractivity contribution in [1.29, 1.82) is 0 Å². The molecular formula is C17H18N4O4. The molecule has 0 spiro atoms. The zero-order chi connectivity index (χ0) is 17.6. The van der Waals surface area contributed by atoms with E-state index in [9.17, 15) is 9.59 Å². The molecule has 1 unspecified atom stereocenters. The van der Waals surface area contributed by atoms with Crippen LogP contribution in [0.1, 0.15) is 24.6 Å². The Morgan fingerprint density at radius 2 is 2.32 bits per heavy atom. The van der Waals surface area contributed by atoms with Crippen molar-refractivity contribution in [1.82, 2.24) is 14.9 Å². The Bertz CT molecular complexity index is 830. The van der Waals surface area contributed by atoms with E-state index in [4.69, 9.17) is 9.84 Å². The molecule has 1 aromatic heterocycles. The van der Waals surface area contributed by atoms with E-state index in [-0.39, 0.29) is 5.78 Å². The Morgan fingerprint density at radius 3 is 3.12 bits per heavy atom. The lowest BCUT2D eigenvalue weighted by Crippen LogP contribution is -2.37. The van der Waals surface area contributed by atoms with E-state index in [0.717, 1.165) is 28.0 Å². The van der Waals surface area contributed by atoms with Crippen molar-refractivity contribution >= 4 is 17.8 Å². The Morgan fingerprint density at radius 1 is 1.48 bits per heavy atom. The van der Waals surface area contributed by atoms with Gasteiger partial charge in [-0.25, -0.2) is 14.8 Å². The fourth-order valence-corrected chi connectivity index (χ4v) is 3.48. The SMILES string of the molecule is CC1=C2COC=C2CC(=O)C1Nc1ncc2c(n1)CCN(C(=O)O)C2. The molecule has 130 valence electrons. The van der Waals surface area contributed by atoms with Gasteiger partial charge in [-0.15, -0.1) is 0 Å². The van der Waals surface area contributed by atoms with Crippen molar-refractivity contribution in [2.75, 3.05) is 18.5 Å². The van der Waals surface area contributed by atoms with Gasteiger partial charge >= 0.3 is 6.09 Å². The van der Waals surface area contributed by atoms with Gasteiger partial charge in [0.15, 0.2) is 5.78 Å². The van der Waals surface area contributed by atoms with Crippen LogP contribution in [0.2, 0.25) is 0 Å². The lowest BCUT2D eigenvalue weighted by molar-refractivity contribution is -0.118. The van der Waals surface area contributed by atoms with Crippen LogP contribution in [-0.2, 0) is 22.5 Å². The Kier molecular flexibility index (Phi) is 3.67. The van der Waals surface area contributed by atoms with Gasteiger partial charge in [-0.05, 0) is 18.1 Å². The average molecular weight is 342 g/mol. The van der Waals surface area contributed by atoms with Gasteiger partial charge < -0.3 is 20.1 Å². The molecule has 0 radical (unpaired) electrons. The van der Waals surface area contributed by atoms with Gasteiger partial charge in [0.25, 0.3) is 0 Å². The molecule has 0 saturated heterocycles. The van der Waals surface area contributed by atoms with Gasteiger partial charge in [0.05, 0.1) is 18.5 Å². The standard InChI is InChI=1S/C17H18N4O4/c1-9-12-8-25-7-10(12)4-14(22)15(9)20-16-18-5-11-6-21(17(23)24)3-2-13(11)19-16/h5,7,15H,2-4,6,8H2,1H3,(H,23,24)(H,18,19,20). The number of hydrogen-bond acceptors (Lipinski definition) is 6. The minimum absolute atomic E-state index is 0.0661. The largest absolute Gasteiger partial charge is 0.496 e. The molecule has 3 aliphatic rings. The number of rotatable bonds is 2. The number of ether oxygens (including phenoxy) is 1. The molecule has 0 bridgehead atoms. The highest BCUT2D eigenvalue weighted by Crippen LogP contribution is 2.32. The van der Waals surface area contributed by atoms with Crippen LogP contribution in [0.15, 0.2) is 29.2 Å². The maximum Gasteiger partial charge on any atom is 0.407 e. The first-order valence-corrected chi connectivity index (χ1v) is 8.15. The third-order valence-electron chi connectivity index (χ3n) is 4.91. The molecule has 2 N–H and O–H groups in total. The number of carbonyl (C=O) groups excluding carboxylic acids is 1. The fourth-order valence-electron chi connectivity index (χ4n) is 3.48. The van der Waals surface area contributed by atoms with Crippen molar-refractivity contribution in [3.63, 3.8) is 0 Å². The summed E-state index contributed by atoms with van der Waals surface area (Å²) in [7, 11) is 0. The van der Waals surface area contributed by atoms with E-state index in [1.807, 2.05) is 6.92 Å². The second-order valence-electron chi connectivity index (χ2n) is 6.46. The Hall–Kier alpha value is -2.90. The van der Waals surface area contributed by atoms with E-state index in [2.05, 4.69) is 15.3 Å². The van der Waals surface area contributed by atoms with Crippen LogP contribution in [0.4, 0.5) is 10.7 Å². The second kappa shape index (κ2) is 5.87. The number of nitrogens with one attached hydrogen (secondary N) is 1. The molecule has 1 atom stereocenters. The first-order valence-electron chi connectivity index (χ1n) is 8.15. The number of fused-ring (bicyclic) bond motifs is 2. The van der Waals surface area contributed by atoms with Crippen LogP contribution in [0.5, 0.6) is 0 Å². The molecule has 0 saturated carbocycles. The molecule has 0 aromatic carbocycles. The Balaban J connectivity index is 1.56. The van der Waals surface area contributed by atoms with Crippen LogP contribution in [0.3, 0.4) is 0 Å². The smallest absolute Gasteiger partial charge is 0.407 e. The molecule has 8 nitrogen and oxygen atoms in total. The lowest BCUT2D eigenvalue weighted by Gasteiger charge is -2.27. The number of carboxylic acid groups (broad SMARTS) is 1. The van der Waals surface area contributed by atoms with Crippen molar-refractivity contribution in [2.45, 2.75) is 32.4 Å². The molecular weight excluding hydrogens is 324 g/mol. The number of aromatic nitrogens is 2. The zero-order valence-corrected chi connectivity index (χ0v) is 13.8. The summed E-state index contributed by atoms with van der Waals surface area (Å²) >= 11 is 0. The van der Waals surface area contributed by atoms with E-state index in [0.29, 0.717) is 38.5 Å². The van der Waals surface area contributed by atoms with Gasteiger partial charge in [0, 0.05) is 36.7 Å². The quantitative estimate of drug-likeness (QED) is 0.839. The predicted molar refractivity (Wildman–Crippen MR) is 87.9 cm³/mol. The van der Waals surface area contributed by atoms with Crippen molar-refractivity contribution in [3.8, 4) is 0 Å². The van der Waals surface area contributed by atoms with Crippen LogP contribution < -0.4 is 5.32 Å². The predicted octanol–water partition coefficient (Wildman–Crippen LogP) is 1.50. The Labute approximate surface area is 144 Å². The van der Waals surface area contributed by atoms with Gasteiger partial charge in [0.1, 0.15) is 12.6 Å². The number of hydrogen-bond donors (Lipinski definition) is 2. The number of nitrogens with zero attached hydrogens (tertiary/aromatic N) is 3. The highest BCUT2D eigenvalue weighted by molar-refractivity contribution is 5.94. The molecule has 1 amide bonds. The highest BCUT2D eigenvalue weighted by atomic mass is 16.5. The second-order valence-corrected chi connectivity index (χ2v) is 6.46. The lowest BCUT2D eigenvalue weighted by atomic mass is 9.85. The summed E-state index contributed by atoms with van der Waals surface area (Å²) < 4.78 is 5.33. The van der Waals surface area contributed by atoms with Gasteiger partial charge in [0.2, 0.25) is 5.95 Å². The highest BCUT2D eigenvalue weighted by Gasteiger charge is 2.33. The summed E-state index contributed by atoms with van der Waals surface area (Å²) in [6.45, 7) is 3.13. The summed E-state index contributed by atoms with van der Waals surface area (Å²) in [5.74, 6) is 0.462. The summed E-state index contributed by atoms with van der Waals surface area (Å²) in [5.41, 5.74) is 4.61. The number of carbonyl (C=O) groups is 2. The molecule has 8 heteroatoms. The topological polar surface area (TPSA) is 105 Å². The minimum Gasteiger partial charge on any atom is -0.496 e. The molecule has 3 heterocycles. The normalized spacial score (nSPS) is 22.1. The number of anilines is 1. The van der Waals surface area contributed by atoms with Crippen molar-refractivity contribution in [3.05, 3.63) is 40.4 Å². The van der Waals surface area contributed by atoms with Crippen LogP contribution >= 0.6 is 0 Å². The molecule has 25 heavy (non-hydrogen) atoms. The monoisotopic (exact) mass is 342 g/mol. The van der Waals surface area contributed by atoms with E-state index in [1.54, 1.807) is 12.5 Å². The average Bonchev–Trinajstić information content (AvgIpc) is 3.06. The van der Waals surface area contributed by atoms with Crippen molar-refractivity contribution < 1.29 is 19.4 Å². The third kappa shape index (κ3) is 2.73. The van der Waals surface area contributed by atoms with Gasteiger partial charge in [-0.2, -0.15) is 0 Å². The number of ketones is 1. The first-order chi connectivity index (χ1) is 12.0. The van der Waals surface area contributed by atoms with Crippen molar-refractivity contribution in [2.24, 2.45) is 0 Å². The minimum atomic E-state index is -0.939. The first kappa shape index (κ1) is 15.6. The molecule has 1 aromatic rings. The molecule has 4 rings (SSSR count). The third-order valence-corrected chi connectivity index (χ3v) is 4.91. The number of amides is 1. The van der Waals surface area contributed by atoms with Crippen LogP contribution in [0, 0.1) is 0 Å². The summed E-state index contributed by atoms with van der Waals surface area (Å²) in [6.07, 6.45) is 3.25. The molecule has 2 aliphatic heterocycles. The maximum atomic E-state index is 12.4. The van der Waals surface area contributed by atoms with Gasteiger partial charge in [-0.1, -0.05) is 0 Å². The number of Topliss-reactive ketones (excluding diaryl/α,β-unsaturated/α-hetero) is 1. The van der Waals surface area contributed by atoms with E-state index >= 15 is 0 Å².